The van der Waals surface area contributed by atoms with Crippen LogP contribution in [0.5, 0.6) is 17.2 Å². The molecule has 1 saturated carbocycles. The van der Waals surface area contributed by atoms with Crippen molar-refractivity contribution in [2.24, 2.45) is 0 Å². The summed E-state index contributed by atoms with van der Waals surface area (Å²) in [5.74, 6) is 1.74. The van der Waals surface area contributed by atoms with Gasteiger partial charge in [-0.25, -0.2) is 0 Å². The predicted molar refractivity (Wildman–Crippen MR) is 171 cm³/mol. The van der Waals surface area contributed by atoms with E-state index in [1.165, 1.54) is 14.2 Å². The van der Waals surface area contributed by atoms with Gasteiger partial charge in [-0.3, -0.25) is 9.36 Å². The summed E-state index contributed by atoms with van der Waals surface area (Å²) in [4.78, 5) is 21.3. The van der Waals surface area contributed by atoms with Crippen LogP contribution in [0, 0.1) is 0 Å². The molecule has 4 aromatic rings. The van der Waals surface area contributed by atoms with Crippen LogP contribution in [0.3, 0.4) is 0 Å². The molecule has 0 atom stereocenters. The van der Waals surface area contributed by atoms with Gasteiger partial charge in [0.1, 0.15) is 29.4 Å². The lowest BCUT2D eigenvalue weighted by atomic mass is 10.0. The Balaban J connectivity index is 1.50. The summed E-state index contributed by atoms with van der Waals surface area (Å²) in [6.45, 7) is 7.76. The molecular formula is C31H36Cl2N6O4. The first kappa shape index (κ1) is 30.8. The summed E-state index contributed by atoms with van der Waals surface area (Å²) in [5.41, 5.74) is 1.98. The highest BCUT2D eigenvalue weighted by molar-refractivity contribution is 6.41. The Hall–Kier alpha value is -3.60. The summed E-state index contributed by atoms with van der Waals surface area (Å²) in [5, 5.41) is 12.4. The van der Waals surface area contributed by atoms with Crippen molar-refractivity contribution in [3.8, 4) is 28.4 Å². The first-order valence-corrected chi connectivity index (χ1v) is 15.3. The molecule has 0 aliphatic heterocycles. The molecule has 5 rings (SSSR count). The van der Waals surface area contributed by atoms with Crippen molar-refractivity contribution in [1.29, 1.82) is 0 Å². The fourth-order valence-electron chi connectivity index (χ4n) is 5.47. The van der Waals surface area contributed by atoms with Gasteiger partial charge >= 0.3 is 0 Å². The topological polar surface area (TPSA) is 104 Å². The van der Waals surface area contributed by atoms with Crippen LogP contribution in [0.4, 0.5) is 11.6 Å². The number of nitrogens with zero attached hydrogens (tertiary/aromatic N) is 5. The van der Waals surface area contributed by atoms with Crippen LogP contribution in [0.15, 0.2) is 41.2 Å². The first-order valence-electron chi connectivity index (χ1n) is 14.5. The molecule has 2 heterocycles. The van der Waals surface area contributed by atoms with E-state index in [1.807, 2.05) is 24.3 Å². The molecule has 43 heavy (non-hydrogen) atoms. The van der Waals surface area contributed by atoms with E-state index in [0.29, 0.717) is 34.8 Å². The fraction of sp³-hybridized carbons (Fsp3) is 0.419. The number of methoxy groups -OCH3 is 2. The minimum absolute atomic E-state index is 0.0441. The van der Waals surface area contributed by atoms with Gasteiger partial charge in [-0.05, 0) is 56.3 Å². The molecule has 10 nitrogen and oxygen atoms in total. The van der Waals surface area contributed by atoms with E-state index in [2.05, 4.69) is 34.3 Å². The van der Waals surface area contributed by atoms with E-state index in [1.54, 1.807) is 16.7 Å². The molecule has 0 unspecified atom stereocenters. The highest BCUT2D eigenvalue weighted by Crippen LogP contribution is 2.45. The number of anilines is 2. The minimum Gasteiger partial charge on any atom is -0.495 e. The SMILES string of the molecule is CCN(CC)CCOc1ccc(Nc2nnc3cc(-c4c(Cl)c(OC)cc(OC)c4Cl)c(=O)n(C4CCCC4)c3n2)cc1. The quantitative estimate of drug-likeness (QED) is 0.183. The smallest absolute Gasteiger partial charge is 0.260 e. The first-order chi connectivity index (χ1) is 20.9. The molecule has 1 N–H and O–H groups in total. The fourth-order valence-corrected chi connectivity index (χ4v) is 6.18. The number of rotatable bonds is 12. The maximum absolute atomic E-state index is 14.2. The number of ether oxygens (including phenoxy) is 3. The summed E-state index contributed by atoms with van der Waals surface area (Å²) < 4.78 is 18.5. The molecule has 0 bridgehead atoms. The van der Waals surface area contributed by atoms with Gasteiger partial charge in [0.05, 0.1) is 29.8 Å². The third kappa shape index (κ3) is 6.51. The molecule has 1 aliphatic carbocycles. The van der Waals surface area contributed by atoms with Crippen molar-refractivity contribution in [3.05, 3.63) is 56.8 Å². The molecule has 1 aliphatic rings. The average Bonchev–Trinajstić information content (AvgIpc) is 3.55. The second-order valence-electron chi connectivity index (χ2n) is 10.3. The van der Waals surface area contributed by atoms with Gasteiger partial charge in [0.2, 0.25) is 5.95 Å². The number of halogens is 2. The van der Waals surface area contributed by atoms with Gasteiger partial charge in [0.25, 0.3) is 5.56 Å². The van der Waals surface area contributed by atoms with Crippen molar-refractivity contribution in [2.75, 3.05) is 45.8 Å². The molecule has 2 aromatic carbocycles. The Bertz CT molecular complexity index is 1610. The molecule has 0 amide bonds. The molecule has 1 fully saturated rings. The van der Waals surface area contributed by atoms with Crippen LogP contribution in [-0.2, 0) is 0 Å². The Morgan fingerprint density at radius 3 is 2.23 bits per heavy atom. The minimum atomic E-state index is -0.267. The Labute approximate surface area is 260 Å². The van der Waals surface area contributed by atoms with Crippen molar-refractivity contribution in [1.82, 2.24) is 24.6 Å². The Morgan fingerprint density at radius 1 is 0.977 bits per heavy atom. The monoisotopic (exact) mass is 626 g/mol. The van der Waals surface area contributed by atoms with E-state index < -0.39 is 0 Å². The highest BCUT2D eigenvalue weighted by atomic mass is 35.5. The van der Waals surface area contributed by atoms with Crippen LogP contribution >= 0.6 is 23.2 Å². The number of benzene rings is 2. The van der Waals surface area contributed by atoms with Crippen LogP contribution in [-0.4, -0.2) is 65.1 Å². The molecule has 2 aromatic heterocycles. The van der Waals surface area contributed by atoms with Crippen molar-refractivity contribution in [2.45, 2.75) is 45.6 Å². The summed E-state index contributed by atoms with van der Waals surface area (Å²) in [7, 11) is 2.99. The van der Waals surface area contributed by atoms with Crippen molar-refractivity contribution >= 4 is 46.0 Å². The van der Waals surface area contributed by atoms with E-state index in [9.17, 15) is 4.79 Å². The highest BCUT2D eigenvalue weighted by Gasteiger charge is 2.27. The van der Waals surface area contributed by atoms with Gasteiger partial charge in [-0.2, -0.15) is 4.98 Å². The van der Waals surface area contributed by atoms with Crippen LogP contribution in [0.1, 0.15) is 45.6 Å². The zero-order chi connectivity index (χ0) is 30.5. The van der Waals surface area contributed by atoms with Crippen molar-refractivity contribution in [3.63, 3.8) is 0 Å². The van der Waals surface area contributed by atoms with Crippen LogP contribution in [0.2, 0.25) is 10.0 Å². The third-order valence-electron chi connectivity index (χ3n) is 7.87. The summed E-state index contributed by atoms with van der Waals surface area (Å²) in [6.07, 6.45) is 3.74. The third-order valence-corrected chi connectivity index (χ3v) is 8.62. The van der Waals surface area contributed by atoms with E-state index >= 15 is 0 Å². The molecule has 228 valence electrons. The maximum Gasteiger partial charge on any atom is 0.260 e. The normalized spacial score (nSPS) is 13.6. The number of pyridine rings is 1. The standard InChI is InChI=1S/C31H36Cl2N6O4/c1-5-38(6-2)15-16-43-21-13-11-19(12-14-21)34-31-35-29-23(36-37-31)17-22(30(40)39(29)20-9-7-8-10-20)26-27(32)24(41-3)18-25(42-4)28(26)33/h11-14,17-18,20H,5-10,15-16H2,1-4H3,(H,34,35,37). The summed E-state index contributed by atoms with van der Waals surface area (Å²) in [6, 6.07) is 10.8. The molecule has 0 saturated heterocycles. The second kappa shape index (κ2) is 13.8. The number of nitrogens with one attached hydrogen (secondary N) is 1. The second-order valence-corrected chi connectivity index (χ2v) is 11.1. The molecular weight excluding hydrogens is 591 g/mol. The van der Waals surface area contributed by atoms with Gasteiger partial charge in [0.15, 0.2) is 5.65 Å². The largest absolute Gasteiger partial charge is 0.495 e. The van der Waals surface area contributed by atoms with E-state index in [4.69, 9.17) is 42.4 Å². The predicted octanol–water partition coefficient (Wildman–Crippen LogP) is 6.76. The Morgan fingerprint density at radius 2 is 1.63 bits per heavy atom. The number of hydrogen-bond donors (Lipinski definition) is 1. The van der Waals surface area contributed by atoms with E-state index in [0.717, 1.165) is 56.8 Å². The van der Waals surface area contributed by atoms with Crippen LogP contribution < -0.4 is 25.1 Å². The number of hydrogen-bond acceptors (Lipinski definition) is 9. The molecule has 0 spiro atoms. The maximum atomic E-state index is 14.2. The van der Waals surface area contributed by atoms with E-state index in [-0.39, 0.29) is 33.2 Å². The lowest BCUT2D eigenvalue weighted by molar-refractivity contribution is 0.223. The zero-order valence-corrected chi connectivity index (χ0v) is 26.3. The summed E-state index contributed by atoms with van der Waals surface area (Å²) >= 11 is 13.4. The number of likely N-dealkylation sites (N-methyl/N-ethyl adjacent to an activating group) is 1. The molecule has 0 radical (unpaired) electrons. The van der Waals surface area contributed by atoms with Crippen LogP contribution in [0.25, 0.3) is 22.3 Å². The zero-order valence-electron chi connectivity index (χ0n) is 24.8. The van der Waals surface area contributed by atoms with Gasteiger partial charge in [-0.15, -0.1) is 10.2 Å². The Kier molecular flexibility index (Phi) is 9.90. The number of fused-ring (bicyclic) bond motifs is 1. The van der Waals surface area contributed by atoms with Gasteiger partial charge in [-0.1, -0.05) is 49.9 Å². The lowest BCUT2D eigenvalue weighted by Crippen LogP contribution is -2.27. The molecule has 12 heteroatoms. The van der Waals surface area contributed by atoms with Gasteiger partial charge < -0.3 is 24.4 Å². The van der Waals surface area contributed by atoms with Crippen molar-refractivity contribution < 1.29 is 14.2 Å². The number of aromatic nitrogens is 4. The van der Waals surface area contributed by atoms with Gasteiger partial charge in [0, 0.05) is 29.9 Å². The lowest BCUT2D eigenvalue weighted by Gasteiger charge is -2.20. The average molecular weight is 628 g/mol.